The van der Waals surface area contributed by atoms with Gasteiger partial charge in [0.05, 0.1) is 0 Å². The molecule has 2 fully saturated rings. The van der Waals surface area contributed by atoms with Crippen molar-refractivity contribution < 1.29 is 9.59 Å². The second-order valence-electron chi connectivity index (χ2n) is 6.41. The molecular formula is C17H25N5O2. The first kappa shape index (κ1) is 16.7. The summed E-state index contributed by atoms with van der Waals surface area (Å²) in [5.41, 5.74) is 1.19. The van der Waals surface area contributed by atoms with Crippen molar-refractivity contribution >= 4 is 11.9 Å². The third-order valence-electron chi connectivity index (χ3n) is 4.62. The number of hydrogen-bond donors (Lipinski definition) is 2. The number of nitrogens with zero attached hydrogens (tertiary/aromatic N) is 3. The van der Waals surface area contributed by atoms with Crippen LogP contribution in [0.15, 0.2) is 24.5 Å². The molecule has 0 bridgehead atoms. The number of carbonyl (C=O) groups is 2. The molecule has 3 rings (SSSR count). The van der Waals surface area contributed by atoms with E-state index >= 15 is 0 Å². The molecular weight excluding hydrogens is 306 g/mol. The second-order valence-corrected chi connectivity index (χ2v) is 6.41. The lowest BCUT2D eigenvalue weighted by Gasteiger charge is -2.35. The van der Waals surface area contributed by atoms with Crippen molar-refractivity contribution in [1.82, 2.24) is 25.4 Å². The summed E-state index contributed by atoms with van der Waals surface area (Å²) in [5, 5.41) is 5.74. The molecule has 1 unspecified atom stereocenters. The van der Waals surface area contributed by atoms with Crippen LogP contribution in [0.25, 0.3) is 0 Å². The lowest BCUT2D eigenvalue weighted by molar-refractivity contribution is -0.122. The van der Waals surface area contributed by atoms with Gasteiger partial charge in [0, 0.05) is 51.7 Å². The van der Waals surface area contributed by atoms with E-state index in [0.29, 0.717) is 19.6 Å². The Labute approximate surface area is 142 Å². The Hall–Kier alpha value is -2.15. The lowest BCUT2D eigenvalue weighted by atomic mass is 10.1. The van der Waals surface area contributed by atoms with E-state index < -0.39 is 6.04 Å². The highest BCUT2D eigenvalue weighted by atomic mass is 16.2. The van der Waals surface area contributed by atoms with Crippen LogP contribution in [0, 0.1) is 0 Å². The van der Waals surface area contributed by atoms with Crippen molar-refractivity contribution in [1.29, 1.82) is 0 Å². The molecule has 1 aromatic rings. The Kier molecular flexibility index (Phi) is 5.63. The molecule has 0 saturated carbocycles. The molecule has 2 aliphatic heterocycles. The number of nitrogens with one attached hydrogen (secondary N) is 2. The first-order chi connectivity index (χ1) is 11.7. The van der Waals surface area contributed by atoms with Crippen LogP contribution in [0.1, 0.15) is 24.8 Å². The summed E-state index contributed by atoms with van der Waals surface area (Å²) >= 11 is 0. The third-order valence-corrected chi connectivity index (χ3v) is 4.62. The Morgan fingerprint density at radius 2 is 2.12 bits per heavy atom. The van der Waals surface area contributed by atoms with Crippen LogP contribution in [-0.2, 0) is 11.3 Å². The molecule has 2 saturated heterocycles. The van der Waals surface area contributed by atoms with Crippen LogP contribution in [0.5, 0.6) is 0 Å². The highest BCUT2D eigenvalue weighted by Crippen LogP contribution is 2.09. The van der Waals surface area contributed by atoms with Crippen molar-refractivity contribution in [3.63, 3.8) is 0 Å². The standard InChI is InChI=1S/C17H25N5O2/c23-16-15(5-1-2-7-19-16)20-17(24)22-10-8-21(9-11-22)13-14-4-3-6-18-12-14/h3-4,6,12,15H,1-2,5,7-11,13H2,(H,19,23)(H,20,24). The summed E-state index contributed by atoms with van der Waals surface area (Å²) in [5.74, 6) is -0.0592. The number of rotatable bonds is 3. The van der Waals surface area contributed by atoms with Gasteiger partial charge in [0.15, 0.2) is 0 Å². The van der Waals surface area contributed by atoms with E-state index in [-0.39, 0.29) is 11.9 Å². The molecule has 24 heavy (non-hydrogen) atoms. The molecule has 7 heteroatoms. The van der Waals surface area contributed by atoms with Gasteiger partial charge >= 0.3 is 6.03 Å². The smallest absolute Gasteiger partial charge is 0.318 e. The van der Waals surface area contributed by atoms with Gasteiger partial charge in [-0.2, -0.15) is 0 Å². The predicted octanol–water partition coefficient (Wildman–Crippen LogP) is 0.578. The molecule has 0 radical (unpaired) electrons. The van der Waals surface area contributed by atoms with Gasteiger partial charge in [-0.15, -0.1) is 0 Å². The summed E-state index contributed by atoms with van der Waals surface area (Å²) in [4.78, 5) is 32.6. The highest BCUT2D eigenvalue weighted by Gasteiger charge is 2.26. The third kappa shape index (κ3) is 4.44. The van der Waals surface area contributed by atoms with Gasteiger partial charge in [0.2, 0.25) is 5.91 Å². The average molecular weight is 331 g/mol. The summed E-state index contributed by atoms with van der Waals surface area (Å²) in [6.45, 7) is 4.59. The van der Waals surface area contributed by atoms with Gasteiger partial charge < -0.3 is 15.5 Å². The molecule has 3 amide bonds. The molecule has 1 atom stereocenters. The molecule has 0 aliphatic carbocycles. The topological polar surface area (TPSA) is 77.6 Å². The van der Waals surface area contributed by atoms with Gasteiger partial charge in [-0.1, -0.05) is 6.07 Å². The van der Waals surface area contributed by atoms with E-state index in [0.717, 1.165) is 38.9 Å². The zero-order valence-corrected chi connectivity index (χ0v) is 13.9. The van der Waals surface area contributed by atoms with E-state index in [1.807, 2.05) is 12.3 Å². The minimum Gasteiger partial charge on any atom is -0.354 e. The maximum absolute atomic E-state index is 12.4. The fourth-order valence-electron chi connectivity index (χ4n) is 3.18. The van der Waals surface area contributed by atoms with Gasteiger partial charge in [-0.05, 0) is 30.9 Å². The first-order valence-electron chi connectivity index (χ1n) is 8.67. The number of aromatic nitrogens is 1. The SMILES string of the molecule is O=C1NCCCCC1NC(=O)N1CCN(Cc2cccnc2)CC1. The number of pyridine rings is 1. The number of piperazine rings is 1. The number of hydrogen-bond acceptors (Lipinski definition) is 4. The zero-order valence-electron chi connectivity index (χ0n) is 13.9. The number of amides is 3. The average Bonchev–Trinajstić information content (AvgIpc) is 2.81. The molecule has 0 aromatic carbocycles. The normalized spacial score (nSPS) is 22.6. The van der Waals surface area contributed by atoms with Crippen molar-refractivity contribution in [3.8, 4) is 0 Å². The van der Waals surface area contributed by atoms with E-state index in [2.05, 4.69) is 26.6 Å². The van der Waals surface area contributed by atoms with Crippen LogP contribution in [0.3, 0.4) is 0 Å². The summed E-state index contributed by atoms with van der Waals surface area (Å²) in [6.07, 6.45) is 6.31. The Morgan fingerprint density at radius 3 is 2.88 bits per heavy atom. The Morgan fingerprint density at radius 1 is 1.29 bits per heavy atom. The van der Waals surface area contributed by atoms with Crippen LogP contribution in [0.2, 0.25) is 0 Å². The lowest BCUT2D eigenvalue weighted by Crippen LogP contribution is -2.55. The van der Waals surface area contributed by atoms with Crippen LogP contribution >= 0.6 is 0 Å². The largest absolute Gasteiger partial charge is 0.354 e. The minimum absolute atomic E-state index is 0.0592. The monoisotopic (exact) mass is 331 g/mol. The van der Waals surface area contributed by atoms with Crippen LogP contribution in [0.4, 0.5) is 4.79 Å². The minimum atomic E-state index is -0.395. The molecule has 1 aromatic heterocycles. The fraction of sp³-hybridized carbons (Fsp3) is 0.588. The van der Waals surface area contributed by atoms with Crippen LogP contribution < -0.4 is 10.6 Å². The van der Waals surface area contributed by atoms with Crippen molar-refractivity contribution in [2.75, 3.05) is 32.7 Å². The molecule has 3 heterocycles. The molecule has 0 spiro atoms. The summed E-state index contributed by atoms with van der Waals surface area (Å²) in [6, 6.07) is 3.49. The maximum atomic E-state index is 12.4. The maximum Gasteiger partial charge on any atom is 0.318 e. The number of urea groups is 1. The van der Waals surface area contributed by atoms with Gasteiger partial charge in [0.25, 0.3) is 0 Å². The fourth-order valence-corrected chi connectivity index (χ4v) is 3.18. The van der Waals surface area contributed by atoms with E-state index in [1.165, 1.54) is 5.56 Å². The summed E-state index contributed by atoms with van der Waals surface area (Å²) < 4.78 is 0. The highest BCUT2D eigenvalue weighted by molar-refractivity contribution is 5.87. The Balaban J connectivity index is 1.45. The van der Waals surface area contributed by atoms with Crippen molar-refractivity contribution in [2.45, 2.75) is 31.8 Å². The second kappa shape index (κ2) is 8.10. The van der Waals surface area contributed by atoms with Gasteiger partial charge in [-0.3, -0.25) is 14.7 Å². The zero-order chi connectivity index (χ0) is 16.8. The van der Waals surface area contributed by atoms with E-state index in [9.17, 15) is 9.59 Å². The number of carbonyl (C=O) groups excluding carboxylic acids is 2. The summed E-state index contributed by atoms with van der Waals surface area (Å²) in [7, 11) is 0. The Bertz CT molecular complexity index is 557. The van der Waals surface area contributed by atoms with Crippen LogP contribution in [-0.4, -0.2) is 65.5 Å². The van der Waals surface area contributed by atoms with Gasteiger partial charge in [-0.25, -0.2) is 4.79 Å². The first-order valence-corrected chi connectivity index (χ1v) is 8.67. The van der Waals surface area contributed by atoms with E-state index in [4.69, 9.17) is 0 Å². The quantitative estimate of drug-likeness (QED) is 0.849. The predicted molar refractivity (Wildman–Crippen MR) is 90.3 cm³/mol. The molecule has 7 nitrogen and oxygen atoms in total. The molecule has 2 aliphatic rings. The van der Waals surface area contributed by atoms with Crippen molar-refractivity contribution in [2.24, 2.45) is 0 Å². The van der Waals surface area contributed by atoms with E-state index in [1.54, 1.807) is 11.1 Å². The molecule has 130 valence electrons. The van der Waals surface area contributed by atoms with Crippen molar-refractivity contribution in [3.05, 3.63) is 30.1 Å². The van der Waals surface area contributed by atoms with Gasteiger partial charge in [0.1, 0.15) is 6.04 Å². The molecule has 2 N–H and O–H groups in total.